The Morgan fingerprint density at radius 1 is 0.977 bits per heavy atom. The van der Waals surface area contributed by atoms with Crippen LogP contribution in [0.15, 0.2) is 0 Å². The van der Waals surface area contributed by atoms with Gasteiger partial charge in [-0.15, -0.1) is 0 Å². The summed E-state index contributed by atoms with van der Waals surface area (Å²) in [5.41, 5.74) is 0.293. The summed E-state index contributed by atoms with van der Waals surface area (Å²) in [5, 5.41) is 12.3. The van der Waals surface area contributed by atoms with Crippen molar-refractivity contribution in [1.29, 1.82) is 0 Å². The van der Waals surface area contributed by atoms with Gasteiger partial charge in [-0.3, -0.25) is 4.79 Å². The standard InChI is InChI=1S/C35H55NO7/c1-21-19-22(7-10-26(37)40-6)42-28-27(21)32(4)13-14-35-20-34(35)12-11-25(43-30(39)36-15-17-41-18-16-36)31(2,3)23(34)8-9-24(35)33(32,5)29(28)38/h21-25,27-29,38H,7-20H2,1-6H3/t21-,22?,23+,24+,25?,27?,28?,29+,32-,33-,34?,35+/m1/s1. The summed E-state index contributed by atoms with van der Waals surface area (Å²) in [6.07, 6.45) is 9.00. The van der Waals surface area contributed by atoms with Crippen LogP contribution in [0.3, 0.4) is 0 Å². The Balaban J connectivity index is 1.12. The zero-order chi connectivity index (χ0) is 30.6. The highest BCUT2D eigenvalue weighted by atomic mass is 16.6. The van der Waals surface area contributed by atoms with E-state index in [1.54, 1.807) is 0 Å². The molecule has 5 aliphatic carbocycles. The van der Waals surface area contributed by atoms with E-state index in [-0.39, 0.29) is 57.4 Å². The minimum atomic E-state index is -0.499. The average molecular weight is 602 g/mol. The van der Waals surface area contributed by atoms with Crippen molar-refractivity contribution in [3.63, 3.8) is 0 Å². The number of nitrogens with zero attached hydrogens (tertiary/aromatic N) is 1. The molecule has 0 bridgehead atoms. The topological polar surface area (TPSA) is 94.5 Å². The molecule has 7 fully saturated rings. The quantitative estimate of drug-likeness (QED) is 0.420. The molecule has 0 aromatic rings. The van der Waals surface area contributed by atoms with Crippen molar-refractivity contribution in [3.05, 3.63) is 0 Å². The van der Waals surface area contributed by atoms with Gasteiger partial charge in [0.15, 0.2) is 0 Å². The Labute approximate surface area is 257 Å². The van der Waals surface area contributed by atoms with Crippen LogP contribution in [0.2, 0.25) is 0 Å². The maximum absolute atomic E-state index is 13.1. The predicted octanol–water partition coefficient (Wildman–Crippen LogP) is 5.59. The summed E-state index contributed by atoms with van der Waals surface area (Å²) in [7, 11) is 1.44. The zero-order valence-corrected chi connectivity index (χ0v) is 27.4. The maximum Gasteiger partial charge on any atom is 0.410 e. The number of fused-ring (bicyclic) bond motifs is 4. The van der Waals surface area contributed by atoms with Gasteiger partial charge in [-0.25, -0.2) is 4.79 Å². The number of amides is 1. The van der Waals surface area contributed by atoms with Gasteiger partial charge in [0.1, 0.15) is 6.10 Å². The number of rotatable bonds is 4. The molecule has 5 saturated carbocycles. The molecule has 0 aromatic heterocycles. The Kier molecular flexibility index (Phi) is 7.08. The van der Waals surface area contributed by atoms with Gasteiger partial charge in [-0.2, -0.15) is 0 Å². The first-order valence-electron chi connectivity index (χ1n) is 17.3. The highest BCUT2D eigenvalue weighted by Gasteiger charge is 2.84. The van der Waals surface area contributed by atoms with Gasteiger partial charge in [-0.1, -0.05) is 34.6 Å². The van der Waals surface area contributed by atoms with Crippen LogP contribution in [-0.2, 0) is 23.7 Å². The molecule has 8 heteroatoms. The van der Waals surface area contributed by atoms with E-state index in [0.29, 0.717) is 62.8 Å². The Morgan fingerprint density at radius 3 is 2.40 bits per heavy atom. The molecule has 12 atom stereocenters. The summed E-state index contributed by atoms with van der Waals surface area (Å²) in [6.45, 7) is 14.4. The number of hydrogen-bond acceptors (Lipinski definition) is 7. The number of aliphatic hydroxyl groups excluding tert-OH is 1. The van der Waals surface area contributed by atoms with E-state index in [1.165, 1.54) is 20.0 Å². The lowest BCUT2D eigenvalue weighted by atomic mass is 9.41. The Bertz CT molecular complexity index is 1140. The second-order valence-electron chi connectivity index (χ2n) is 16.7. The van der Waals surface area contributed by atoms with Crippen molar-refractivity contribution in [2.24, 2.45) is 50.7 Å². The molecule has 7 rings (SSSR count). The minimum Gasteiger partial charge on any atom is -0.469 e. The first-order chi connectivity index (χ1) is 20.4. The number of morpholine rings is 1. The van der Waals surface area contributed by atoms with E-state index in [9.17, 15) is 14.7 Å². The van der Waals surface area contributed by atoms with Crippen LogP contribution in [0.25, 0.3) is 0 Å². The number of methoxy groups -OCH3 is 1. The third kappa shape index (κ3) is 3.96. The monoisotopic (exact) mass is 601 g/mol. The lowest BCUT2D eigenvalue weighted by Gasteiger charge is -2.63. The zero-order valence-electron chi connectivity index (χ0n) is 27.4. The molecule has 2 spiro atoms. The van der Waals surface area contributed by atoms with Gasteiger partial charge >= 0.3 is 12.1 Å². The lowest BCUT2D eigenvalue weighted by molar-refractivity contribution is -0.183. The van der Waals surface area contributed by atoms with Crippen molar-refractivity contribution < 1.29 is 33.6 Å². The van der Waals surface area contributed by atoms with Gasteiger partial charge in [0.05, 0.1) is 38.6 Å². The van der Waals surface area contributed by atoms with Gasteiger partial charge in [0, 0.05) is 30.3 Å². The maximum atomic E-state index is 13.1. The molecule has 7 aliphatic rings. The summed E-state index contributed by atoms with van der Waals surface area (Å²) >= 11 is 0. The van der Waals surface area contributed by atoms with Crippen LogP contribution in [-0.4, -0.2) is 79.9 Å². The number of aliphatic hydroxyl groups is 1. The van der Waals surface area contributed by atoms with E-state index in [4.69, 9.17) is 18.9 Å². The number of carbonyl (C=O) groups excluding carboxylic acids is 2. The second-order valence-corrected chi connectivity index (χ2v) is 16.7. The van der Waals surface area contributed by atoms with Crippen LogP contribution >= 0.6 is 0 Å². The molecule has 43 heavy (non-hydrogen) atoms. The normalized spacial score (nSPS) is 51.2. The fourth-order valence-corrected chi connectivity index (χ4v) is 13.1. The number of hydrogen-bond donors (Lipinski definition) is 1. The largest absolute Gasteiger partial charge is 0.469 e. The van der Waals surface area contributed by atoms with E-state index in [1.807, 2.05) is 4.90 Å². The lowest BCUT2D eigenvalue weighted by Crippen LogP contribution is -2.60. The van der Waals surface area contributed by atoms with Crippen molar-refractivity contribution >= 4 is 12.1 Å². The molecule has 2 heterocycles. The first kappa shape index (κ1) is 30.3. The summed E-state index contributed by atoms with van der Waals surface area (Å²) < 4.78 is 23.4. The van der Waals surface area contributed by atoms with E-state index in [0.717, 1.165) is 38.5 Å². The summed E-state index contributed by atoms with van der Waals surface area (Å²) in [6, 6.07) is 0. The second kappa shape index (κ2) is 10.1. The fraction of sp³-hybridized carbons (Fsp3) is 0.943. The smallest absolute Gasteiger partial charge is 0.410 e. The molecule has 1 N–H and O–H groups in total. The van der Waals surface area contributed by atoms with Gasteiger partial charge in [0.2, 0.25) is 0 Å². The van der Waals surface area contributed by atoms with Crippen molar-refractivity contribution in [3.8, 4) is 0 Å². The SMILES string of the molecule is COC(=O)CCC1C[C@@H](C)C2C(O1)[C@H](O)[C@@]1(C)[C@@H]3CC[C@H]4C(C)(C)C(OC(=O)N5CCOCC5)CCC45C[C@@]35CC[C@]21C. The third-order valence-corrected chi connectivity index (χ3v) is 15.2. The molecule has 8 nitrogen and oxygen atoms in total. The first-order valence-corrected chi connectivity index (χ1v) is 17.3. The third-order valence-electron chi connectivity index (χ3n) is 15.2. The summed E-state index contributed by atoms with van der Waals surface area (Å²) in [5.74, 6) is 1.59. The van der Waals surface area contributed by atoms with Crippen LogP contribution < -0.4 is 0 Å². The average Bonchev–Trinajstić information content (AvgIpc) is 3.62. The van der Waals surface area contributed by atoms with Gasteiger partial charge in [-0.05, 0) is 97.7 Å². The molecule has 242 valence electrons. The molecular formula is C35H55NO7. The highest BCUT2D eigenvalue weighted by molar-refractivity contribution is 5.69. The molecule has 0 aromatic carbocycles. The number of ether oxygens (including phenoxy) is 4. The minimum absolute atomic E-state index is 0.00873. The van der Waals surface area contributed by atoms with Crippen LogP contribution in [0.1, 0.15) is 98.8 Å². The molecule has 1 amide bonds. The number of esters is 1. The predicted molar refractivity (Wildman–Crippen MR) is 160 cm³/mol. The molecule has 2 aliphatic heterocycles. The van der Waals surface area contributed by atoms with Gasteiger partial charge in [0.25, 0.3) is 0 Å². The van der Waals surface area contributed by atoms with E-state index in [2.05, 4.69) is 34.6 Å². The van der Waals surface area contributed by atoms with Gasteiger partial charge < -0.3 is 29.0 Å². The molecule has 5 unspecified atom stereocenters. The van der Waals surface area contributed by atoms with Crippen LogP contribution in [0.5, 0.6) is 0 Å². The molecular weight excluding hydrogens is 546 g/mol. The summed E-state index contributed by atoms with van der Waals surface area (Å²) in [4.78, 5) is 26.8. The fourth-order valence-electron chi connectivity index (χ4n) is 13.1. The van der Waals surface area contributed by atoms with E-state index < -0.39 is 6.10 Å². The van der Waals surface area contributed by atoms with Crippen molar-refractivity contribution in [2.45, 2.75) is 123 Å². The molecule has 0 radical (unpaired) electrons. The molecule has 2 saturated heterocycles. The van der Waals surface area contributed by atoms with E-state index >= 15 is 0 Å². The highest BCUT2D eigenvalue weighted by Crippen LogP contribution is 2.89. The Hall–Kier alpha value is -1.38. The van der Waals surface area contributed by atoms with Crippen LogP contribution in [0, 0.1) is 50.7 Å². The number of carbonyl (C=O) groups is 2. The Morgan fingerprint density at radius 2 is 1.67 bits per heavy atom. The van der Waals surface area contributed by atoms with Crippen LogP contribution in [0.4, 0.5) is 4.79 Å². The van der Waals surface area contributed by atoms with Crippen molar-refractivity contribution in [1.82, 2.24) is 4.90 Å². The van der Waals surface area contributed by atoms with Crippen molar-refractivity contribution in [2.75, 3.05) is 33.4 Å².